The summed E-state index contributed by atoms with van der Waals surface area (Å²) in [6.07, 6.45) is 0. The lowest BCUT2D eigenvalue weighted by Crippen LogP contribution is -2.09. The van der Waals surface area contributed by atoms with E-state index in [2.05, 4.69) is 25.2 Å². The van der Waals surface area contributed by atoms with Crippen LogP contribution in [0, 0.1) is 18.3 Å². The van der Waals surface area contributed by atoms with Gasteiger partial charge in [-0.2, -0.15) is 5.26 Å². The summed E-state index contributed by atoms with van der Waals surface area (Å²) in [5, 5.41) is 12.0. The van der Waals surface area contributed by atoms with Crippen LogP contribution in [0.15, 0.2) is 18.2 Å². The third-order valence-corrected chi connectivity index (χ3v) is 1.80. The van der Waals surface area contributed by atoms with Gasteiger partial charge in [0.05, 0.1) is 11.6 Å². The van der Waals surface area contributed by atoms with Crippen LogP contribution in [0.2, 0.25) is 0 Å². The molecule has 1 N–H and O–H groups in total. The molecule has 1 rings (SSSR count). The van der Waals surface area contributed by atoms with Crippen molar-refractivity contribution in [2.75, 3.05) is 5.32 Å². The van der Waals surface area contributed by atoms with Gasteiger partial charge in [-0.3, -0.25) is 0 Å². The summed E-state index contributed by atoms with van der Waals surface area (Å²) in [4.78, 5) is 0. The molecule has 68 valence electrons. The van der Waals surface area contributed by atoms with E-state index in [0.717, 1.165) is 16.8 Å². The Hall–Kier alpha value is -1.49. The van der Waals surface area contributed by atoms with Gasteiger partial charge in [0.1, 0.15) is 0 Å². The van der Waals surface area contributed by atoms with Crippen LogP contribution in [0.5, 0.6) is 0 Å². The zero-order chi connectivity index (χ0) is 9.84. The highest BCUT2D eigenvalue weighted by Crippen LogP contribution is 2.14. The van der Waals surface area contributed by atoms with Crippen molar-refractivity contribution in [3.8, 4) is 6.07 Å². The lowest BCUT2D eigenvalue weighted by Gasteiger charge is -2.10. The van der Waals surface area contributed by atoms with Gasteiger partial charge in [0.25, 0.3) is 0 Å². The van der Waals surface area contributed by atoms with E-state index in [9.17, 15) is 0 Å². The van der Waals surface area contributed by atoms with E-state index in [1.807, 2.05) is 25.1 Å². The number of rotatable bonds is 2. The first-order valence-corrected chi connectivity index (χ1v) is 4.41. The molecule has 0 radical (unpaired) electrons. The molecule has 0 fully saturated rings. The van der Waals surface area contributed by atoms with Gasteiger partial charge in [-0.1, -0.05) is 0 Å². The summed E-state index contributed by atoms with van der Waals surface area (Å²) in [6, 6.07) is 8.35. The van der Waals surface area contributed by atoms with Gasteiger partial charge in [-0.05, 0) is 44.5 Å². The fourth-order valence-electron chi connectivity index (χ4n) is 1.21. The highest BCUT2D eigenvalue weighted by Gasteiger charge is 1.99. The van der Waals surface area contributed by atoms with Gasteiger partial charge in [0, 0.05) is 11.7 Å². The van der Waals surface area contributed by atoms with Crippen LogP contribution in [0.1, 0.15) is 25.0 Å². The maximum atomic E-state index is 8.72. The van der Waals surface area contributed by atoms with E-state index < -0.39 is 0 Å². The fourth-order valence-corrected chi connectivity index (χ4v) is 1.21. The van der Waals surface area contributed by atoms with Gasteiger partial charge in [-0.15, -0.1) is 0 Å². The van der Waals surface area contributed by atoms with Crippen LogP contribution in [-0.4, -0.2) is 6.04 Å². The summed E-state index contributed by atoms with van der Waals surface area (Å²) in [5.41, 5.74) is 2.84. The number of nitrogens with zero attached hydrogens (tertiary/aromatic N) is 1. The van der Waals surface area contributed by atoms with Crippen LogP contribution >= 0.6 is 0 Å². The summed E-state index contributed by atoms with van der Waals surface area (Å²) in [5.74, 6) is 0. The Balaban J connectivity index is 2.91. The Morgan fingerprint density at radius 2 is 2.08 bits per heavy atom. The average molecular weight is 174 g/mol. The minimum atomic E-state index is 0.423. The van der Waals surface area contributed by atoms with Crippen molar-refractivity contribution in [3.63, 3.8) is 0 Å². The van der Waals surface area contributed by atoms with Crippen molar-refractivity contribution < 1.29 is 0 Å². The van der Waals surface area contributed by atoms with Crippen LogP contribution in [0.4, 0.5) is 5.69 Å². The fraction of sp³-hybridized carbons (Fsp3) is 0.364. The van der Waals surface area contributed by atoms with Gasteiger partial charge >= 0.3 is 0 Å². The topological polar surface area (TPSA) is 35.8 Å². The zero-order valence-electron chi connectivity index (χ0n) is 8.26. The first kappa shape index (κ1) is 9.60. The molecule has 1 aromatic carbocycles. The molecule has 0 aromatic heterocycles. The molecule has 0 saturated heterocycles. The van der Waals surface area contributed by atoms with Crippen molar-refractivity contribution >= 4 is 5.69 Å². The number of nitriles is 1. The maximum Gasteiger partial charge on any atom is 0.0994 e. The molecule has 13 heavy (non-hydrogen) atoms. The van der Waals surface area contributed by atoms with Crippen molar-refractivity contribution in [1.82, 2.24) is 0 Å². The third-order valence-electron chi connectivity index (χ3n) is 1.80. The number of hydrogen-bond acceptors (Lipinski definition) is 2. The SMILES string of the molecule is Cc1cc(NC(C)C)ccc1C#N. The van der Waals surface area contributed by atoms with Gasteiger partial charge in [0.2, 0.25) is 0 Å². The molecule has 0 bridgehead atoms. The number of anilines is 1. The van der Waals surface area contributed by atoms with Gasteiger partial charge in [0.15, 0.2) is 0 Å². The monoisotopic (exact) mass is 174 g/mol. The standard InChI is InChI=1S/C11H14N2/c1-8(2)13-11-5-4-10(7-12)9(3)6-11/h4-6,8,13H,1-3H3. The molecular formula is C11H14N2. The Bertz CT molecular complexity index is 334. The van der Waals surface area contributed by atoms with E-state index in [1.165, 1.54) is 0 Å². The highest BCUT2D eigenvalue weighted by molar-refractivity contribution is 5.51. The second kappa shape index (κ2) is 3.95. The van der Waals surface area contributed by atoms with E-state index in [1.54, 1.807) is 0 Å². The second-order valence-corrected chi connectivity index (χ2v) is 3.44. The average Bonchev–Trinajstić information content (AvgIpc) is 2.03. The molecule has 0 atom stereocenters. The molecule has 0 aliphatic heterocycles. The lowest BCUT2D eigenvalue weighted by molar-refractivity contribution is 0.899. The Morgan fingerprint density at radius 3 is 2.54 bits per heavy atom. The predicted molar refractivity (Wildman–Crippen MR) is 54.7 cm³/mol. The van der Waals surface area contributed by atoms with Crippen molar-refractivity contribution in [2.24, 2.45) is 0 Å². The summed E-state index contributed by atoms with van der Waals surface area (Å²) >= 11 is 0. The highest BCUT2D eigenvalue weighted by atomic mass is 14.9. The molecule has 0 amide bonds. The maximum absolute atomic E-state index is 8.72. The van der Waals surface area contributed by atoms with E-state index >= 15 is 0 Å². The molecule has 0 aliphatic rings. The first-order valence-electron chi connectivity index (χ1n) is 4.41. The molecule has 0 unspecified atom stereocenters. The van der Waals surface area contributed by atoms with E-state index in [4.69, 9.17) is 5.26 Å². The minimum Gasteiger partial charge on any atom is -0.383 e. The minimum absolute atomic E-state index is 0.423. The summed E-state index contributed by atoms with van der Waals surface area (Å²) in [7, 11) is 0. The molecule has 2 heteroatoms. The normalized spacial score (nSPS) is 9.77. The van der Waals surface area contributed by atoms with Crippen molar-refractivity contribution in [1.29, 1.82) is 5.26 Å². The van der Waals surface area contributed by atoms with Crippen LogP contribution < -0.4 is 5.32 Å². The van der Waals surface area contributed by atoms with Crippen molar-refractivity contribution in [2.45, 2.75) is 26.8 Å². The molecule has 1 aromatic rings. The van der Waals surface area contributed by atoms with Gasteiger partial charge < -0.3 is 5.32 Å². The Labute approximate surface area is 79.2 Å². The lowest BCUT2D eigenvalue weighted by atomic mass is 10.1. The summed E-state index contributed by atoms with van der Waals surface area (Å²) < 4.78 is 0. The molecule has 0 aliphatic carbocycles. The Morgan fingerprint density at radius 1 is 1.38 bits per heavy atom. The molecule has 0 spiro atoms. The molecular weight excluding hydrogens is 160 g/mol. The predicted octanol–water partition coefficient (Wildman–Crippen LogP) is 2.69. The number of nitrogens with one attached hydrogen (secondary N) is 1. The molecule has 2 nitrogen and oxygen atoms in total. The first-order chi connectivity index (χ1) is 6.13. The number of aryl methyl sites for hydroxylation is 1. The van der Waals surface area contributed by atoms with E-state index in [0.29, 0.717) is 6.04 Å². The zero-order valence-corrected chi connectivity index (χ0v) is 8.26. The van der Waals surface area contributed by atoms with Crippen LogP contribution in [0.25, 0.3) is 0 Å². The van der Waals surface area contributed by atoms with Crippen molar-refractivity contribution in [3.05, 3.63) is 29.3 Å². The van der Waals surface area contributed by atoms with Crippen LogP contribution in [-0.2, 0) is 0 Å². The summed E-state index contributed by atoms with van der Waals surface area (Å²) in [6.45, 7) is 6.13. The second-order valence-electron chi connectivity index (χ2n) is 3.44. The number of hydrogen-bond donors (Lipinski definition) is 1. The van der Waals surface area contributed by atoms with Crippen LogP contribution in [0.3, 0.4) is 0 Å². The Kier molecular flexibility index (Phi) is 2.92. The smallest absolute Gasteiger partial charge is 0.0994 e. The largest absolute Gasteiger partial charge is 0.383 e. The third kappa shape index (κ3) is 2.48. The molecule has 0 heterocycles. The molecule has 0 saturated carbocycles. The number of benzene rings is 1. The van der Waals surface area contributed by atoms with E-state index in [-0.39, 0.29) is 0 Å². The quantitative estimate of drug-likeness (QED) is 0.748. The van der Waals surface area contributed by atoms with Gasteiger partial charge in [-0.25, -0.2) is 0 Å².